The number of aromatic nitrogens is 1. The number of carbonyl (C=O) groups excluding carboxylic acids is 1. The molecule has 0 aliphatic heterocycles. The molecule has 1 amide bonds. The van der Waals surface area contributed by atoms with Gasteiger partial charge in [-0.1, -0.05) is 23.2 Å². The molecule has 150 valence electrons. The Kier molecular flexibility index (Phi) is 8.75. The first-order chi connectivity index (χ1) is 12.4. The van der Waals surface area contributed by atoms with Gasteiger partial charge in [0.05, 0.1) is 26.9 Å². The third-order valence-electron chi connectivity index (χ3n) is 2.92. The Bertz CT molecular complexity index is 787. The maximum absolute atomic E-state index is 12.0. The normalized spacial score (nSPS) is 11.2. The van der Waals surface area contributed by atoms with Gasteiger partial charge in [0.1, 0.15) is 5.60 Å². The van der Waals surface area contributed by atoms with E-state index in [1.54, 1.807) is 26.8 Å². The molecule has 0 aliphatic rings. The van der Waals surface area contributed by atoms with Crippen molar-refractivity contribution in [3.63, 3.8) is 0 Å². The van der Waals surface area contributed by atoms with Crippen LogP contribution in [0.15, 0.2) is 18.2 Å². The molecule has 2 N–H and O–H groups in total. The summed E-state index contributed by atoms with van der Waals surface area (Å²) in [4.78, 5) is 18.6. The number of pyridine rings is 1. The molecule has 1 heterocycles. The SMILES string of the molecule is CN(C)C.CNCc1ccc2c(Cl)c(Cl)cc(NC(=O)OC(C)(C)C)c2n1. The lowest BCUT2D eigenvalue weighted by atomic mass is 10.1. The molecule has 0 atom stereocenters. The molecule has 0 saturated carbocycles. The van der Waals surface area contributed by atoms with Crippen LogP contribution in [0.5, 0.6) is 0 Å². The van der Waals surface area contributed by atoms with Crippen LogP contribution in [0, 0.1) is 0 Å². The van der Waals surface area contributed by atoms with Crippen molar-refractivity contribution in [2.45, 2.75) is 32.9 Å². The number of amides is 1. The molecule has 0 bridgehead atoms. The van der Waals surface area contributed by atoms with Crippen LogP contribution in [-0.4, -0.2) is 49.8 Å². The Morgan fingerprint density at radius 2 is 1.81 bits per heavy atom. The topological polar surface area (TPSA) is 66.5 Å². The Hall–Kier alpha value is -1.60. The summed E-state index contributed by atoms with van der Waals surface area (Å²) in [5.41, 5.74) is 1.26. The van der Waals surface area contributed by atoms with Gasteiger partial charge in [0, 0.05) is 11.9 Å². The molecule has 0 radical (unpaired) electrons. The van der Waals surface area contributed by atoms with Gasteiger partial charge >= 0.3 is 6.09 Å². The van der Waals surface area contributed by atoms with Gasteiger partial charge < -0.3 is 15.0 Å². The highest BCUT2D eigenvalue weighted by Crippen LogP contribution is 2.35. The summed E-state index contributed by atoms with van der Waals surface area (Å²) in [6, 6.07) is 5.27. The zero-order chi connectivity index (χ0) is 20.8. The van der Waals surface area contributed by atoms with Crippen molar-refractivity contribution < 1.29 is 9.53 Å². The number of hydrogen-bond acceptors (Lipinski definition) is 5. The van der Waals surface area contributed by atoms with Crippen molar-refractivity contribution in [3.05, 3.63) is 33.9 Å². The molecule has 8 heteroatoms. The van der Waals surface area contributed by atoms with Gasteiger partial charge in [-0.15, -0.1) is 0 Å². The zero-order valence-corrected chi connectivity index (χ0v) is 18.4. The van der Waals surface area contributed by atoms with E-state index in [0.717, 1.165) is 5.69 Å². The van der Waals surface area contributed by atoms with Crippen molar-refractivity contribution in [2.24, 2.45) is 0 Å². The minimum atomic E-state index is -0.596. The van der Waals surface area contributed by atoms with Crippen LogP contribution in [0.1, 0.15) is 26.5 Å². The summed E-state index contributed by atoms with van der Waals surface area (Å²) in [7, 11) is 7.83. The summed E-state index contributed by atoms with van der Waals surface area (Å²) >= 11 is 12.4. The average molecular weight is 415 g/mol. The van der Waals surface area contributed by atoms with E-state index in [2.05, 4.69) is 15.6 Å². The highest BCUT2D eigenvalue weighted by molar-refractivity contribution is 6.45. The molecule has 0 unspecified atom stereocenters. The second-order valence-electron chi connectivity index (χ2n) is 7.42. The smallest absolute Gasteiger partial charge is 0.412 e. The van der Waals surface area contributed by atoms with Crippen LogP contribution < -0.4 is 10.6 Å². The summed E-state index contributed by atoms with van der Waals surface area (Å²) < 4.78 is 5.27. The molecule has 2 rings (SSSR count). The van der Waals surface area contributed by atoms with Crippen LogP contribution in [0.4, 0.5) is 10.5 Å². The van der Waals surface area contributed by atoms with Gasteiger partial charge in [-0.2, -0.15) is 0 Å². The summed E-state index contributed by atoms with van der Waals surface area (Å²) in [5, 5.41) is 7.14. The molecule has 0 saturated heterocycles. The highest BCUT2D eigenvalue weighted by atomic mass is 35.5. The first kappa shape index (κ1) is 23.4. The number of halogens is 2. The fourth-order valence-corrected chi connectivity index (χ4v) is 2.48. The quantitative estimate of drug-likeness (QED) is 0.755. The molecule has 1 aromatic carbocycles. The van der Waals surface area contributed by atoms with E-state index >= 15 is 0 Å². The van der Waals surface area contributed by atoms with Crippen molar-refractivity contribution in [3.8, 4) is 0 Å². The average Bonchev–Trinajstić information content (AvgIpc) is 2.50. The first-order valence-electron chi connectivity index (χ1n) is 8.47. The fourth-order valence-electron chi connectivity index (χ4n) is 2.06. The Morgan fingerprint density at radius 3 is 2.33 bits per heavy atom. The first-order valence-corrected chi connectivity index (χ1v) is 9.23. The van der Waals surface area contributed by atoms with Crippen LogP contribution in [0.2, 0.25) is 10.0 Å². The van der Waals surface area contributed by atoms with Crippen LogP contribution >= 0.6 is 23.2 Å². The molecular formula is C19H28Cl2N4O2. The second-order valence-corrected chi connectivity index (χ2v) is 8.20. The van der Waals surface area contributed by atoms with Gasteiger partial charge in [-0.3, -0.25) is 5.32 Å². The second kappa shape index (κ2) is 10.1. The molecule has 6 nitrogen and oxygen atoms in total. The monoisotopic (exact) mass is 414 g/mol. The Labute approximate surface area is 171 Å². The summed E-state index contributed by atoms with van der Waals surface area (Å²) in [6.07, 6.45) is -0.571. The molecule has 27 heavy (non-hydrogen) atoms. The third kappa shape index (κ3) is 7.89. The van der Waals surface area contributed by atoms with E-state index in [1.165, 1.54) is 0 Å². The highest BCUT2D eigenvalue weighted by Gasteiger charge is 2.19. The zero-order valence-electron chi connectivity index (χ0n) is 16.9. The van der Waals surface area contributed by atoms with E-state index in [9.17, 15) is 4.79 Å². The third-order valence-corrected chi connectivity index (χ3v) is 3.72. The maximum atomic E-state index is 12.0. The predicted octanol–water partition coefficient (Wildman–Crippen LogP) is 4.79. The number of hydrogen-bond donors (Lipinski definition) is 2. The lowest BCUT2D eigenvalue weighted by molar-refractivity contribution is 0.0636. The fraction of sp³-hybridized carbons (Fsp3) is 0.474. The van der Waals surface area contributed by atoms with E-state index in [4.69, 9.17) is 27.9 Å². The lowest BCUT2D eigenvalue weighted by Gasteiger charge is -2.20. The van der Waals surface area contributed by atoms with Gasteiger partial charge in [-0.05, 0) is 67.2 Å². The van der Waals surface area contributed by atoms with Crippen molar-refractivity contribution in [1.29, 1.82) is 0 Å². The minimum Gasteiger partial charge on any atom is -0.444 e. The largest absolute Gasteiger partial charge is 0.444 e. The van der Waals surface area contributed by atoms with Crippen LogP contribution in [0.25, 0.3) is 10.9 Å². The number of anilines is 1. The summed E-state index contributed by atoms with van der Waals surface area (Å²) in [5.74, 6) is 0. The molecule has 0 fully saturated rings. The molecule has 0 aliphatic carbocycles. The van der Waals surface area contributed by atoms with E-state index in [1.807, 2.05) is 45.2 Å². The standard InChI is InChI=1S/C16H19Cl2N3O2.C3H9N/c1-16(2,3)23-15(22)21-12-7-11(17)13(18)10-6-5-9(8-19-4)20-14(10)12;1-4(2)3/h5-7,19H,8H2,1-4H3,(H,21,22);1-3H3. The minimum absolute atomic E-state index is 0.341. The van der Waals surface area contributed by atoms with Crippen molar-refractivity contribution in [1.82, 2.24) is 15.2 Å². The summed E-state index contributed by atoms with van der Waals surface area (Å²) in [6.45, 7) is 5.98. The molecule has 2 aromatic rings. The van der Waals surface area contributed by atoms with E-state index in [-0.39, 0.29) is 0 Å². The molecule has 0 spiro atoms. The van der Waals surface area contributed by atoms with Gasteiger partial charge in [0.2, 0.25) is 0 Å². The van der Waals surface area contributed by atoms with E-state index in [0.29, 0.717) is 33.2 Å². The Balaban J connectivity index is 0.000000828. The maximum Gasteiger partial charge on any atom is 0.412 e. The predicted molar refractivity (Wildman–Crippen MR) is 114 cm³/mol. The number of carbonyl (C=O) groups is 1. The van der Waals surface area contributed by atoms with Gasteiger partial charge in [0.25, 0.3) is 0 Å². The number of rotatable bonds is 3. The van der Waals surface area contributed by atoms with Gasteiger partial charge in [-0.25, -0.2) is 9.78 Å². The van der Waals surface area contributed by atoms with Crippen LogP contribution in [-0.2, 0) is 11.3 Å². The number of ether oxygens (including phenoxy) is 1. The number of fused-ring (bicyclic) bond motifs is 1. The van der Waals surface area contributed by atoms with E-state index < -0.39 is 11.7 Å². The molecule has 1 aromatic heterocycles. The Morgan fingerprint density at radius 1 is 1.22 bits per heavy atom. The van der Waals surface area contributed by atoms with Crippen LogP contribution in [0.3, 0.4) is 0 Å². The number of benzene rings is 1. The molecular weight excluding hydrogens is 387 g/mol. The van der Waals surface area contributed by atoms with Gasteiger partial charge in [0.15, 0.2) is 0 Å². The van der Waals surface area contributed by atoms with Crippen molar-refractivity contribution >= 4 is 45.9 Å². The lowest BCUT2D eigenvalue weighted by Crippen LogP contribution is -2.27. The number of nitrogens with one attached hydrogen (secondary N) is 2. The van der Waals surface area contributed by atoms with Crippen molar-refractivity contribution in [2.75, 3.05) is 33.5 Å². The number of nitrogens with zero attached hydrogens (tertiary/aromatic N) is 2.